The summed E-state index contributed by atoms with van der Waals surface area (Å²) in [6, 6.07) is 1.63. The zero-order chi connectivity index (χ0) is 13.4. The van der Waals surface area contributed by atoms with Gasteiger partial charge < -0.3 is 10.0 Å². The summed E-state index contributed by atoms with van der Waals surface area (Å²) in [5.41, 5.74) is 0. The monoisotopic (exact) mass is 277 g/mol. The van der Waals surface area contributed by atoms with E-state index < -0.39 is 12.0 Å². The van der Waals surface area contributed by atoms with Crippen molar-refractivity contribution in [1.82, 2.24) is 9.97 Å². The molecule has 0 aromatic carbocycles. The van der Waals surface area contributed by atoms with E-state index in [1.165, 1.54) is 11.2 Å². The third-order valence-electron chi connectivity index (χ3n) is 3.52. The summed E-state index contributed by atoms with van der Waals surface area (Å²) < 4.78 is 0. The number of aliphatic carboxylic acids is 1. The highest BCUT2D eigenvalue weighted by Crippen LogP contribution is 2.33. The second-order valence-corrected chi connectivity index (χ2v) is 5.79. The summed E-state index contributed by atoms with van der Waals surface area (Å²) in [5, 5.41) is 10.3. The molecule has 0 unspecified atom stereocenters. The first-order chi connectivity index (χ1) is 9.20. The zero-order valence-corrected chi connectivity index (χ0v) is 11.5. The number of rotatable bonds is 3. The van der Waals surface area contributed by atoms with Crippen LogP contribution in [0, 0.1) is 0 Å². The summed E-state index contributed by atoms with van der Waals surface area (Å²) in [6.07, 6.45) is 4.08. The molecule has 5 nitrogen and oxygen atoms in total. The number of aromatic nitrogens is 2. The fraction of sp³-hybridized carbons (Fsp3) is 0.462. The van der Waals surface area contributed by atoms with Crippen molar-refractivity contribution in [2.24, 2.45) is 0 Å². The quantitative estimate of drug-likeness (QED) is 0.932. The first kappa shape index (κ1) is 12.3. The predicted molar refractivity (Wildman–Crippen MR) is 74.8 cm³/mol. The van der Waals surface area contributed by atoms with Crippen molar-refractivity contribution < 1.29 is 9.90 Å². The minimum Gasteiger partial charge on any atom is -0.480 e. The standard InChI is InChI=1S/C13H15N3O2S/c1-2-8-6-9-11(14-7-15-12(9)19-8)16-5-3-4-10(16)13(17)18/h6-7,10H,2-5H2,1H3,(H,17,18)/t10-/m0/s1. The van der Waals surface area contributed by atoms with Gasteiger partial charge in [0.2, 0.25) is 0 Å². The number of nitrogens with zero attached hydrogens (tertiary/aromatic N) is 3. The molecule has 100 valence electrons. The SMILES string of the molecule is CCc1cc2c(N3CCC[C@H]3C(=O)O)ncnc2s1. The Kier molecular flexibility index (Phi) is 3.10. The molecule has 1 N–H and O–H groups in total. The Morgan fingerprint density at radius 3 is 3.16 bits per heavy atom. The number of thiophene rings is 1. The second-order valence-electron chi connectivity index (χ2n) is 4.67. The zero-order valence-electron chi connectivity index (χ0n) is 10.7. The fourth-order valence-electron chi connectivity index (χ4n) is 2.57. The smallest absolute Gasteiger partial charge is 0.326 e. The number of hydrogen-bond donors (Lipinski definition) is 1. The molecule has 1 fully saturated rings. The molecule has 19 heavy (non-hydrogen) atoms. The molecule has 1 aliphatic rings. The molecule has 2 aromatic heterocycles. The van der Waals surface area contributed by atoms with Crippen LogP contribution >= 0.6 is 11.3 Å². The molecule has 2 aromatic rings. The Morgan fingerprint density at radius 1 is 1.58 bits per heavy atom. The van der Waals surface area contributed by atoms with Crippen molar-refractivity contribution in [3.8, 4) is 0 Å². The average Bonchev–Trinajstić information content (AvgIpc) is 3.04. The minimum absolute atomic E-state index is 0.455. The lowest BCUT2D eigenvalue weighted by molar-refractivity contribution is -0.138. The van der Waals surface area contributed by atoms with Gasteiger partial charge in [0.25, 0.3) is 0 Å². The molecule has 3 heterocycles. The number of carboxylic acid groups (broad SMARTS) is 1. The molecule has 1 atom stereocenters. The molecule has 0 amide bonds. The molecule has 0 aliphatic carbocycles. The number of anilines is 1. The van der Waals surface area contributed by atoms with Gasteiger partial charge in [-0.3, -0.25) is 0 Å². The van der Waals surface area contributed by atoms with Crippen LogP contribution in [0.3, 0.4) is 0 Å². The molecule has 1 aliphatic heterocycles. The highest BCUT2D eigenvalue weighted by atomic mass is 32.1. The van der Waals surface area contributed by atoms with E-state index in [4.69, 9.17) is 0 Å². The normalized spacial score (nSPS) is 19.2. The largest absolute Gasteiger partial charge is 0.480 e. The topological polar surface area (TPSA) is 66.3 Å². The maximum Gasteiger partial charge on any atom is 0.326 e. The van der Waals surface area contributed by atoms with E-state index in [0.717, 1.165) is 35.4 Å². The number of carbonyl (C=O) groups is 1. The fourth-order valence-corrected chi connectivity index (χ4v) is 3.50. The maximum absolute atomic E-state index is 11.3. The van der Waals surface area contributed by atoms with Crippen LogP contribution in [0.5, 0.6) is 0 Å². The third-order valence-corrected chi connectivity index (χ3v) is 4.71. The van der Waals surface area contributed by atoms with Crippen LogP contribution in [0.2, 0.25) is 0 Å². The molecular weight excluding hydrogens is 262 g/mol. The number of hydrogen-bond acceptors (Lipinski definition) is 5. The number of aryl methyl sites for hydroxylation is 1. The molecule has 0 bridgehead atoms. The Labute approximate surface area is 114 Å². The van der Waals surface area contributed by atoms with Gasteiger partial charge in [-0.25, -0.2) is 14.8 Å². The van der Waals surface area contributed by atoms with Gasteiger partial charge in [-0.05, 0) is 25.3 Å². The van der Waals surface area contributed by atoms with Crippen LogP contribution in [-0.4, -0.2) is 33.6 Å². The van der Waals surface area contributed by atoms with Crippen molar-refractivity contribution in [3.05, 3.63) is 17.3 Å². The highest BCUT2D eigenvalue weighted by molar-refractivity contribution is 7.18. The van der Waals surface area contributed by atoms with Crippen LogP contribution in [0.4, 0.5) is 5.82 Å². The van der Waals surface area contributed by atoms with Gasteiger partial charge in [0.1, 0.15) is 23.0 Å². The van der Waals surface area contributed by atoms with Gasteiger partial charge in [0.05, 0.1) is 5.39 Å². The van der Waals surface area contributed by atoms with Crippen molar-refractivity contribution in [3.63, 3.8) is 0 Å². The Hall–Kier alpha value is -1.69. The van der Waals surface area contributed by atoms with Crippen molar-refractivity contribution in [2.75, 3.05) is 11.4 Å². The summed E-state index contributed by atoms with van der Waals surface area (Å²) in [6.45, 7) is 2.86. The molecule has 1 saturated heterocycles. The van der Waals surface area contributed by atoms with Crippen molar-refractivity contribution in [2.45, 2.75) is 32.2 Å². The first-order valence-electron chi connectivity index (χ1n) is 6.43. The van der Waals surface area contributed by atoms with Gasteiger partial charge in [-0.2, -0.15) is 0 Å². The lowest BCUT2D eigenvalue weighted by atomic mass is 10.2. The lowest BCUT2D eigenvalue weighted by Gasteiger charge is -2.22. The molecular formula is C13H15N3O2S. The van der Waals surface area contributed by atoms with Crippen LogP contribution in [-0.2, 0) is 11.2 Å². The third kappa shape index (κ3) is 2.06. The second kappa shape index (κ2) is 4.77. The van der Waals surface area contributed by atoms with Crippen LogP contribution in [0.1, 0.15) is 24.6 Å². The van der Waals surface area contributed by atoms with E-state index in [1.807, 2.05) is 4.90 Å². The van der Waals surface area contributed by atoms with Gasteiger partial charge in [-0.1, -0.05) is 6.92 Å². The molecule has 0 spiro atoms. The van der Waals surface area contributed by atoms with E-state index in [9.17, 15) is 9.90 Å². The lowest BCUT2D eigenvalue weighted by Crippen LogP contribution is -2.36. The van der Waals surface area contributed by atoms with E-state index in [2.05, 4.69) is 23.0 Å². The van der Waals surface area contributed by atoms with E-state index in [-0.39, 0.29) is 0 Å². The van der Waals surface area contributed by atoms with Crippen molar-refractivity contribution >= 4 is 33.3 Å². The summed E-state index contributed by atoms with van der Waals surface area (Å²) in [4.78, 5) is 24.0. The summed E-state index contributed by atoms with van der Waals surface area (Å²) in [7, 11) is 0. The van der Waals surface area contributed by atoms with Gasteiger partial charge in [-0.15, -0.1) is 11.3 Å². The highest BCUT2D eigenvalue weighted by Gasteiger charge is 2.32. The van der Waals surface area contributed by atoms with Crippen LogP contribution < -0.4 is 4.90 Å². The van der Waals surface area contributed by atoms with Gasteiger partial charge in [0, 0.05) is 11.4 Å². The number of carboxylic acids is 1. The Bertz CT molecular complexity index is 625. The van der Waals surface area contributed by atoms with Gasteiger partial charge >= 0.3 is 5.97 Å². The maximum atomic E-state index is 11.3. The predicted octanol–water partition coefficient (Wildman–Crippen LogP) is 2.31. The Balaban J connectivity index is 2.09. The Morgan fingerprint density at radius 2 is 2.42 bits per heavy atom. The first-order valence-corrected chi connectivity index (χ1v) is 7.25. The van der Waals surface area contributed by atoms with Crippen LogP contribution in [0.15, 0.2) is 12.4 Å². The molecule has 3 rings (SSSR count). The van der Waals surface area contributed by atoms with Crippen LogP contribution in [0.25, 0.3) is 10.2 Å². The van der Waals surface area contributed by atoms with E-state index >= 15 is 0 Å². The summed E-state index contributed by atoms with van der Waals surface area (Å²) in [5.74, 6) is 0.000979. The van der Waals surface area contributed by atoms with E-state index in [1.54, 1.807) is 11.3 Å². The minimum atomic E-state index is -0.768. The van der Waals surface area contributed by atoms with E-state index in [0.29, 0.717) is 6.42 Å². The van der Waals surface area contributed by atoms with Gasteiger partial charge in [0.15, 0.2) is 0 Å². The molecule has 0 radical (unpaired) electrons. The molecule has 6 heteroatoms. The average molecular weight is 277 g/mol. The molecule has 0 saturated carbocycles. The number of fused-ring (bicyclic) bond motifs is 1. The summed E-state index contributed by atoms with van der Waals surface area (Å²) >= 11 is 1.65. The van der Waals surface area contributed by atoms with Crippen molar-refractivity contribution in [1.29, 1.82) is 0 Å².